The summed E-state index contributed by atoms with van der Waals surface area (Å²) in [6, 6.07) is 4.75. The van der Waals surface area contributed by atoms with Crippen LogP contribution >= 0.6 is 0 Å². The van der Waals surface area contributed by atoms with Crippen molar-refractivity contribution >= 4 is 5.69 Å². The first-order valence-electron chi connectivity index (χ1n) is 8.09. The molecule has 2 rings (SSSR count). The Morgan fingerprint density at radius 2 is 2.05 bits per heavy atom. The lowest BCUT2D eigenvalue weighted by atomic mass is 9.89. The Bertz CT molecular complexity index is 378. The van der Waals surface area contributed by atoms with Gasteiger partial charge in [-0.2, -0.15) is 0 Å². The molecular weight excluding hydrogens is 246 g/mol. The van der Waals surface area contributed by atoms with Crippen LogP contribution in [0.15, 0.2) is 18.3 Å². The van der Waals surface area contributed by atoms with E-state index in [0.717, 1.165) is 18.0 Å². The van der Waals surface area contributed by atoms with Gasteiger partial charge in [0.05, 0.1) is 17.6 Å². The van der Waals surface area contributed by atoms with Crippen LogP contribution in [0, 0.1) is 5.92 Å². The third-order valence-electron chi connectivity index (χ3n) is 4.58. The number of nitrogens with zero attached hydrogens (tertiary/aromatic N) is 2. The Morgan fingerprint density at radius 1 is 1.30 bits per heavy atom. The molecule has 1 unspecified atom stereocenters. The highest BCUT2D eigenvalue weighted by molar-refractivity contribution is 5.44. The molecule has 1 saturated carbocycles. The maximum absolute atomic E-state index is 4.63. The summed E-state index contributed by atoms with van der Waals surface area (Å²) in [5, 5.41) is 3.31. The number of pyridine rings is 1. The topological polar surface area (TPSA) is 28.2 Å². The van der Waals surface area contributed by atoms with Crippen molar-refractivity contribution in [3.05, 3.63) is 24.0 Å². The Kier molecular flexibility index (Phi) is 5.84. The predicted octanol–water partition coefficient (Wildman–Crippen LogP) is 3.77. The molecular formula is C17H29N3. The van der Waals surface area contributed by atoms with Gasteiger partial charge in [-0.3, -0.25) is 4.98 Å². The lowest BCUT2D eigenvalue weighted by Crippen LogP contribution is -2.27. The maximum Gasteiger partial charge on any atom is 0.0574 e. The van der Waals surface area contributed by atoms with Crippen molar-refractivity contribution in [1.29, 1.82) is 0 Å². The van der Waals surface area contributed by atoms with Gasteiger partial charge in [-0.25, -0.2) is 0 Å². The van der Waals surface area contributed by atoms with E-state index in [2.05, 4.69) is 41.3 Å². The van der Waals surface area contributed by atoms with Crippen LogP contribution in [0.4, 0.5) is 5.69 Å². The highest BCUT2D eigenvalue weighted by atomic mass is 15.1. The molecule has 0 spiro atoms. The van der Waals surface area contributed by atoms with E-state index in [-0.39, 0.29) is 0 Å². The van der Waals surface area contributed by atoms with E-state index >= 15 is 0 Å². The first-order chi connectivity index (χ1) is 9.74. The Hall–Kier alpha value is -1.09. The van der Waals surface area contributed by atoms with E-state index < -0.39 is 0 Å². The fourth-order valence-electron chi connectivity index (χ4n) is 3.25. The van der Waals surface area contributed by atoms with Crippen molar-refractivity contribution in [1.82, 2.24) is 10.3 Å². The number of hydrogen-bond donors (Lipinski definition) is 1. The van der Waals surface area contributed by atoms with Crippen LogP contribution in [-0.2, 0) is 0 Å². The van der Waals surface area contributed by atoms with E-state index in [0.29, 0.717) is 6.04 Å². The van der Waals surface area contributed by atoms with Crippen LogP contribution in [0.1, 0.15) is 57.2 Å². The molecule has 112 valence electrons. The predicted molar refractivity (Wildman–Crippen MR) is 86.2 cm³/mol. The lowest BCUT2D eigenvalue weighted by molar-refractivity contribution is 0.362. The van der Waals surface area contributed by atoms with Gasteiger partial charge in [-0.05, 0) is 44.4 Å². The molecule has 0 radical (unpaired) electrons. The summed E-state index contributed by atoms with van der Waals surface area (Å²) in [4.78, 5) is 7.00. The first kappa shape index (κ1) is 15.3. The number of hydrogen-bond acceptors (Lipinski definition) is 3. The van der Waals surface area contributed by atoms with Gasteiger partial charge in [0, 0.05) is 19.6 Å². The zero-order valence-corrected chi connectivity index (χ0v) is 13.2. The zero-order chi connectivity index (χ0) is 14.4. The second-order valence-electron chi connectivity index (χ2n) is 6.08. The summed E-state index contributed by atoms with van der Waals surface area (Å²) in [6.45, 7) is 3.36. The Morgan fingerprint density at radius 3 is 2.60 bits per heavy atom. The molecule has 1 aliphatic carbocycles. The molecule has 1 atom stereocenters. The van der Waals surface area contributed by atoms with Crippen LogP contribution in [0.3, 0.4) is 0 Å². The van der Waals surface area contributed by atoms with E-state index in [1.165, 1.54) is 44.3 Å². The molecule has 0 bridgehead atoms. The van der Waals surface area contributed by atoms with Crippen LogP contribution in [0.5, 0.6) is 0 Å². The van der Waals surface area contributed by atoms with Gasteiger partial charge >= 0.3 is 0 Å². The molecule has 1 aliphatic rings. The van der Waals surface area contributed by atoms with E-state index in [4.69, 9.17) is 0 Å². The van der Waals surface area contributed by atoms with E-state index in [1.807, 2.05) is 13.2 Å². The smallest absolute Gasteiger partial charge is 0.0574 e. The molecule has 0 aromatic carbocycles. The summed E-state index contributed by atoms with van der Waals surface area (Å²) in [7, 11) is 4.19. The molecule has 3 heteroatoms. The lowest BCUT2D eigenvalue weighted by Gasteiger charge is -2.28. The molecule has 1 aromatic rings. The molecule has 1 fully saturated rings. The van der Waals surface area contributed by atoms with Crippen molar-refractivity contribution in [2.24, 2.45) is 5.92 Å². The summed E-state index contributed by atoms with van der Waals surface area (Å²) >= 11 is 0. The van der Waals surface area contributed by atoms with Gasteiger partial charge < -0.3 is 10.2 Å². The average Bonchev–Trinajstić information content (AvgIpc) is 2.50. The monoisotopic (exact) mass is 275 g/mol. The SMILES string of the molecule is CCC(NC)c1ccc(N(C)CC2CCCCC2)cn1. The van der Waals surface area contributed by atoms with Crippen molar-refractivity contribution in [3.8, 4) is 0 Å². The first-order valence-corrected chi connectivity index (χ1v) is 8.09. The maximum atomic E-state index is 4.63. The van der Waals surface area contributed by atoms with Crippen molar-refractivity contribution < 1.29 is 0 Å². The second-order valence-corrected chi connectivity index (χ2v) is 6.08. The standard InChI is InChI=1S/C17H29N3/c1-4-16(18-2)17-11-10-15(12-19-17)20(3)13-14-8-6-5-7-9-14/h10-12,14,16,18H,4-9,13H2,1-3H3. The average molecular weight is 275 g/mol. The second kappa shape index (κ2) is 7.63. The molecule has 3 nitrogen and oxygen atoms in total. The van der Waals surface area contributed by atoms with Crippen molar-refractivity contribution in [2.45, 2.75) is 51.5 Å². The summed E-state index contributed by atoms with van der Waals surface area (Å²) in [5.74, 6) is 0.870. The minimum absolute atomic E-state index is 0.368. The minimum atomic E-state index is 0.368. The number of anilines is 1. The highest BCUT2D eigenvalue weighted by Crippen LogP contribution is 2.26. The van der Waals surface area contributed by atoms with E-state index in [9.17, 15) is 0 Å². The Labute approximate surface area is 123 Å². The molecule has 1 aromatic heterocycles. The molecule has 0 amide bonds. The summed E-state index contributed by atoms with van der Waals surface area (Å²) in [5.41, 5.74) is 2.38. The fraction of sp³-hybridized carbons (Fsp3) is 0.706. The highest BCUT2D eigenvalue weighted by Gasteiger charge is 2.16. The molecule has 1 heterocycles. The molecule has 1 N–H and O–H groups in total. The van der Waals surface area contributed by atoms with Crippen LogP contribution in [-0.4, -0.2) is 25.6 Å². The van der Waals surface area contributed by atoms with Crippen LogP contribution in [0.2, 0.25) is 0 Å². The quantitative estimate of drug-likeness (QED) is 0.856. The largest absolute Gasteiger partial charge is 0.373 e. The number of rotatable bonds is 6. The summed E-state index contributed by atoms with van der Waals surface area (Å²) < 4.78 is 0. The van der Waals surface area contributed by atoms with Gasteiger partial charge in [0.2, 0.25) is 0 Å². The van der Waals surface area contributed by atoms with Gasteiger partial charge in [0.1, 0.15) is 0 Å². The summed E-state index contributed by atoms with van der Waals surface area (Å²) in [6.07, 6.45) is 10.1. The normalized spacial score (nSPS) is 17.9. The van der Waals surface area contributed by atoms with Gasteiger partial charge in [0.15, 0.2) is 0 Å². The number of nitrogens with one attached hydrogen (secondary N) is 1. The van der Waals surface area contributed by atoms with Crippen LogP contribution in [0.25, 0.3) is 0 Å². The Balaban J connectivity index is 1.94. The zero-order valence-electron chi connectivity index (χ0n) is 13.2. The van der Waals surface area contributed by atoms with Crippen LogP contribution < -0.4 is 10.2 Å². The molecule has 0 aliphatic heterocycles. The number of aromatic nitrogens is 1. The molecule has 20 heavy (non-hydrogen) atoms. The van der Waals surface area contributed by atoms with Gasteiger partial charge in [0.25, 0.3) is 0 Å². The third kappa shape index (κ3) is 3.95. The van der Waals surface area contributed by atoms with Crippen molar-refractivity contribution in [2.75, 3.05) is 25.5 Å². The molecule has 0 saturated heterocycles. The van der Waals surface area contributed by atoms with Gasteiger partial charge in [-0.1, -0.05) is 26.2 Å². The minimum Gasteiger partial charge on any atom is -0.373 e. The van der Waals surface area contributed by atoms with Crippen molar-refractivity contribution in [3.63, 3.8) is 0 Å². The van der Waals surface area contributed by atoms with Gasteiger partial charge in [-0.15, -0.1) is 0 Å². The third-order valence-corrected chi connectivity index (χ3v) is 4.58. The van der Waals surface area contributed by atoms with E-state index in [1.54, 1.807) is 0 Å². The fourth-order valence-corrected chi connectivity index (χ4v) is 3.25.